The lowest BCUT2D eigenvalue weighted by atomic mass is 9.84. The topological polar surface area (TPSA) is 40.5 Å². The highest BCUT2D eigenvalue weighted by molar-refractivity contribution is 5.85. The van der Waals surface area contributed by atoms with Crippen LogP contribution < -0.4 is 4.90 Å². The second kappa shape index (κ2) is 7.30. The van der Waals surface area contributed by atoms with Gasteiger partial charge in [0.05, 0.1) is 0 Å². The van der Waals surface area contributed by atoms with Gasteiger partial charge in [0.25, 0.3) is 0 Å². The minimum atomic E-state index is -0.913. The highest BCUT2D eigenvalue weighted by Gasteiger charge is 2.23. The molecule has 0 atom stereocenters. The Bertz CT molecular complexity index is 484. The van der Waals surface area contributed by atoms with Crippen LogP contribution in [0.25, 0.3) is 6.08 Å². The van der Waals surface area contributed by atoms with Gasteiger partial charge in [-0.15, -0.1) is 0 Å². The first-order valence-electron chi connectivity index (χ1n) is 7.84. The molecule has 0 bridgehead atoms. The Labute approximate surface area is 127 Å². The Balaban J connectivity index is 1.97. The largest absolute Gasteiger partial charge is 0.478 e. The van der Waals surface area contributed by atoms with Crippen molar-refractivity contribution in [3.8, 4) is 0 Å². The lowest BCUT2D eigenvalue weighted by Crippen LogP contribution is -2.35. The van der Waals surface area contributed by atoms with Crippen LogP contribution in [0.3, 0.4) is 0 Å². The summed E-state index contributed by atoms with van der Waals surface area (Å²) in [7, 11) is 2.17. The number of rotatable bonds is 5. The van der Waals surface area contributed by atoms with Gasteiger partial charge in [0.1, 0.15) is 0 Å². The Kier molecular flexibility index (Phi) is 5.43. The van der Waals surface area contributed by atoms with Crippen LogP contribution in [0.4, 0.5) is 5.69 Å². The van der Waals surface area contributed by atoms with Crippen LogP contribution in [-0.2, 0) is 4.79 Å². The Morgan fingerprint density at radius 3 is 2.38 bits per heavy atom. The molecule has 3 heteroatoms. The second-order valence-electron chi connectivity index (χ2n) is 5.96. The van der Waals surface area contributed by atoms with Gasteiger partial charge in [0.2, 0.25) is 0 Å². The van der Waals surface area contributed by atoms with Crippen LogP contribution in [-0.4, -0.2) is 24.2 Å². The number of hydrogen-bond acceptors (Lipinski definition) is 2. The van der Waals surface area contributed by atoms with Crippen LogP contribution in [0, 0.1) is 5.92 Å². The van der Waals surface area contributed by atoms with Gasteiger partial charge in [0.15, 0.2) is 0 Å². The summed E-state index contributed by atoms with van der Waals surface area (Å²) in [4.78, 5) is 12.9. The summed E-state index contributed by atoms with van der Waals surface area (Å²) in [6, 6.07) is 8.74. The zero-order chi connectivity index (χ0) is 15.2. The Hall–Kier alpha value is -1.77. The normalized spacial score (nSPS) is 22.4. The zero-order valence-corrected chi connectivity index (χ0v) is 13.0. The zero-order valence-electron chi connectivity index (χ0n) is 13.0. The molecule has 0 spiro atoms. The average molecular weight is 287 g/mol. The third-order valence-electron chi connectivity index (χ3n) is 4.66. The maximum Gasteiger partial charge on any atom is 0.328 e. The van der Waals surface area contributed by atoms with Crippen molar-refractivity contribution in [1.29, 1.82) is 0 Å². The predicted octanol–water partition coefficient (Wildman–Crippen LogP) is 4.19. The molecule has 1 aromatic rings. The monoisotopic (exact) mass is 287 g/mol. The maximum atomic E-state index is 10.5. The lowest BCUT2D eigenvalue weighted by Gasteiger charge is -2.35. The van der Waals surface area contributed by atoms with E-state index in [4.69, 9.17) is 5.11 Å². The molecule has 1 aromatic carbocycles. The summed E-state index contributed by atoms with van der Waals surface area (Å²) in [5, 5.41) is 8.63. The molecule has 114 valence electrons. The van der Waals surface area contributed by atoms with Crippen LogP contribution >= 0.6 is 0 Å². The number of carboxylic acid groups (broad SMARTS) is 1. The smallest absolute Gasteiger partial charge is 0.328 e. The quantitative estimate of drug-likeness (QED) is 0.825. The summed E-state index contributed by atoms with van der Waals surface area (Å²) >= 11 is 0. The van der Waals surface area contributed by atoms with Crippen LogP contribution in [0.5, 0.6) is 0 Å². The van der Waals surface area contributed by atoms with Crippen LogP contribution in [0.1, 0.15) is 44.6 Å². The first kappa shape index (κ1) is 15.6. The number of nitrogens with zero attached hydrogens (tertiary/aromatic N) is 1. The fraction of sp³-hybridized carbons (Fsp3) is 0.500. The van der Waals surface area contributed by atoms with Gasteiger partial charge in [-0.2, -0.15) is 0 Å². The predicted molar refractivity (Wildman–Crippen MR) is 87.6 cm³/mol. The third-order valence-corrected chi connectivity index (χ3v) is 4.66. The summed E-state index contributed by atoms with van der Waals surface area (Å²) in [5.41, 5.74) is 2.13. The molecule has 1 aliphatic rings. The molecule has 21 heavy (non-hydrogen) atoms. The summed E-state index contributed by atoms with van der Waals surface area (Å²) in [6.07, 6.45) is 9.32. The van der Waals surface area contributed by atoms with Crippen molar-refractivity contribution in [3.05, 3.63) is 35.9 Å². The minimum absolute atomic E-state index is 0.633. The number of carboxylic acids is 1. The van der Waals surface area contributed by atoms with E-state index >= 15 is 0 Å². The van der Waals surface area contributed by atoms with Gasteiger partial charge in [-0.3, -0.25) is 0 Å². The molecule has 0 saturated heterocycles. The molecule has 1 fully saturated rings. The first-order chi connectivity index (χ1) is 10.1. The number of hydrogen-bond donors (Lipinski definition) is 1. The fourth-order valence-electron chi connectivity index (χ4n) is 3.14. The van der Waals surface area contributed by atoms with E-state index < -0.39 is 5.97 Å². The van der Waals surface area contributed by atoms with Crippen molar-refractivity contribution in [1.82, 2.24) is 0 Å². The Morgan fingerprint density at radius 1 is 1.24 bits per heavy atom. The molecule has 1 N–H and O–H groups in total. The van der Waals surface area contributed by atoms with Gasteiger partial charge in [0, 0.05) is 24.9 Å². The van der Waals surface area contributed by atoms with E-state index in [2.05, 4.69) is 31.0 Å². The SMILES string of the molecule is CCC1CCC(N(C)c2ccc(C=CC(=O)O)cc2)CC1. The lowest BCUT2D eigenvalue weighted by molar-refractivity contribution is -0.131. The first-order valence-corrected chi connectivity index (χ1v) is 7.84. The van der Waals surface area contributed by atoms with E-state index in [1.165, 1.54) is 43.9 Å². The van der Waals surface area contributed by atoms with Crippen molar-refractivity contribution in [2.45, 2.75) is 45.1 Å². The fourth-order valence-corrected chi connectivity index (χ4v) is 3.14. The third kappa shape index (κ3) is 4.35. The van der Waals surface area contributed by atoms with Crippen molar-refractivity contribution >= 4 is 17.7 Å². The van der Waals surface area contributed by atoms with Crippen LogP contribution in [0.15, 0.2) is 30.3 Å². The van der Waals surface area contributed by atoms with Crippen molar-refractivity contribution < 1.29 is 9.90 Å². The van der Waals surface area contributed by atoms with E-state index in [1.54, 1.807) is 6.08 Å². The number of carbonyl (C=O) groups is 1. The molecule has 3 nitrogen and oxygen atoms in total. The van der Waals surface area contributed by atoms with Crippen molar-refractivity contribution in [3.63, 3.8) is 0 Å². The molecule has 1 saturated carbocycles. The molecule has 0 heterocycles. The molecule has 0 aromatic heterocycles. The van der Waals surface area contributed by atoms with Crippen molar-refractivity contribution in [2.75, 3.05) is 11.9 Å². The standard InChI is InChI=1S/C18H25NO2/c1-3-14-4-9-16(10-5-14)19(2)17-11-6-15(7-12-17)8-13-18(20)21/h6-8,11-14,16H,3-5,9-10H2,1-2H3,(H,20,21). The summed E-state index contributed by atoms with van der Waals surface area (Å²) < 4.78 is 0. The minimum Gasteiger partial charge on any atom is -0.478 e. The van der Waals surface area contributed by atoms with E-state index in [0.29, 0.717) is 6.04 Å². The molecular weight excluding hydrogens is 262 g/mol. The van der Waals surface area contributed by atoms with E-state index in [-0.39, 0.29) is 0 Å². The molecule has 0 amide bonds. The number of benzene rings is 1. The summed E-state index contributed by atoms with van der Waals surface area (Å²) in [6.45, 7) is 2.29. The molecule has 1 aliphatic carbocycles. The van der Waals surface area contributed by atoms with E-state index in [1.807, 2.05) is 12.1 Å². The highest BCUT2D eigenvalue weighted by Crippen LogP contribution is 2.31. The van der Waals surface area contributed by atoms with E-state index in [9.17, 15) is 4.79 Å². The van der Waals surface area contributed by atoms with Gasteiger partial charge >= 0.3 is 5.97 Å². The Morgan fingerprint density at radius 2 is 1.86 bits per heavy atom. The molecule has 0 radical (unpaired) electrons. The van der Waals surface area contributed by atoms with Gasteiger partial charge in [-0.05, 0) is 55.4 Å². The van der Waals surface area contributed by atoms with Gasteiger partial charge < -0.3 is 10.0 Å². The van der Waals surface area contributed by atoms with Crippen molar-refractivity contribution in [2.24, 2.45) is 5.92 Å². The molecule has 0 unspecified atom stereocenters. The average Bonchev–Trinajstić information content (AvgIpc) is 2.53. The summed E-state index contributed by atoms with van der Waals surface area (Å²) in [5.74, 6) is 0.00191. The number of aliphatic carboxylic acids is 1. The maximum absolute atomic E-state index is 10.5. The molecule has 2 rings (SSSR count). The highest BCUT2D eigenvalue weighted by atomic mass is 16.4. The van der Waals surface area contributed by atoms with Gasteiger partial charge in [-0.1, -0.05) is 25.5 Å². The van der Waals surface area contributed by atoms with E-state index in [0.717, 1.165) is 11.5 Å². The molecular formula is C18H25NO2. The number of anilines is 1. The van der Waals surface area contributed by atoms with Crippen LogP contribution in [0.2, 0.25) is 0 Å². The molecule has 0 aliphatic heterocycles. The second-order valence-corrected chi connectivity index (χ2v) is 5.96. The van der Waals surface area contributed by atoms with Gasteiger partial charge in [-0.25, -0.2) is 4.79 Å².